The van der Waals surface area contributed by atoms with Crippen molar-refractivity contribution in [2.45, 2.75) is 31.4 Å². The number of hydrogen-bond acceptors (Lipinski definition) is 4. The summed E-state index contributed by atoms with van der Waals surface area (Å²) in [6.45, 7) is 3.40. The standard InChI is InChI=1S/C20H23N3O3/c1-20(16-7-6-14-4-2-3-5-15(14)12-16)18(25)23(19(26)21-20)13-22-10-8-17(24)9-11-22/h2-7,12,17,24H,8-11,13H2,1H3,(H,21,26)/t20-/m0/s1. The zero-order valence-electron chi connectivity index (χ0n) is 14.8. The largest absolute Gasteiger partial charge is 0.393 e. The van der Waals surface area contributed by atoms with E-state index in [0.29, 0.717) is 25.9 Å². The first-order valence-electron chi connectivity index (χ1n) is 9.01. The highest BCUT2D eigenvalue weighted by atomic mass is 16.3. The van der Waals surface area contributed by atoms with Crippen molar-refractivity contribution >= 4 is 22.7 Å². The van der Waals surface area contributed by atoms with Crippen LogP contribution in [-0.4, -0.2) is 52.7 Å². The zero-order chi connectivity index (χ0) is 18.3. The van der Waals surface area contributed by atoms with E-state index >= 15 is 0 Å². The molecule has 26 heavy (non-hydrogen) atoms. The van der Waals surface area contributed by atoms with Crippen LogP contribution in [0.3, 0.4) is 0 Å². The molecule has 3 amide bonds. The van der Waals surface area contributed by atoms with Crippen LogP contribution in [0.1, 0.15) is 25.3 Å². The van der Waals surface area contributed by atoms with Gasteiger partial charge in [-0.25, -0.2) is 9.69 Å². The number of carbonyl (C=O) groups excluding carboxylic acids is 2. The first kappa shape index (κ1) is 17.0. The molecule has 136 valence electrons. The Morgan fingerprint density at radius 3 is 2.54 bits per heavy atom. The number of aliphatic hydroxyl groups is 1. The quantitative estimate of drug-likeness (QED) is 0.828. The maximum Gasteiger partial charge on any atom is 0.326 e. The predicted molar refractivity (Wildman–Crippen MR) is 98.4 cm³/mol. The minimum absolute atomic E-state index is 0.232. The van der Waals surface area contributed by atoms with Crippen molar-refractivity contribution in [2.75, 3.05) is 19.8 Å². The Balaban J connectivity index is 1.58. The van der Waals surface area contributed by atoms with Crippen LogP contribution in [0.2, 0.25) is 0 Å². The van der Waals surface area contributed by atoms with Gasteiger partial charge in [0.2, 0.25) is 0 Å². The van der Waals surface area contributed by atoms with Gasteiger partial charge in [-0.2, -0.15) is 0 Å². The van der Waals surface area contributed by atoms with E-state index < -0.39 is 5.54 Å². The third-order valence-electron chi connectivity index (χ3n) is 5.50. The highest BCUT2D eigenvalue weighted by molar-refractivity contribution is 6.07. The Labute approximate surface area is 152 Å². The van der Waals surface area contributed by atoms with Gasteiger partial charge in [0.05, 0.1) is 12.8 Å². The molecule has 2 aliphatic rings. The average Bonchev–Trinajstić information content (AvgIpc) is 2.87. The molecule has 6 heteroatoms. The lowest BCUT2D eigenvalue weighted by atomic mass is 9.90. The first-order chi connectivity index (χ1) is 12.5. The topological polar surface area (TPSA) is 72.9 Å². The van der Waals surface area contributed by atoms with Crippen LogP contribution >= 0.6 is 0 Å². The number of urea groups is 1. The number of nitrogens with zero attached hydrogens (tertiary/aromatic N) is 2. The Morgan fingerprint density at radius 2 is 1.81 bits per heavy atom. The van der Waals surface area contributed by atoms with Crippen LogP contribution in [-0.2, 0) is 10.3 Å². The number of fused-ring (bicyclic) bond motifs is 1. The molecule has 0 radical (unpaired) electrons. The van der Waals surface area contributed by atoms with Crippen molar-refractivity contribution in [3.05, 3.63) is 48.0 Å². The number of piperidine rings is 1. The summed E-state index contributed by atoms with van der Waals surface area (Å²) in [5.74, 6) is -0.232. The van der Waals surface area contributed by atoms with Gasteiger partial charge in [0.1, 0.15) is 5.54 Å². The molecule has 0 aromatic heterocycles. The summed E-state index contributed by atoms with van der Waals surface area (Å²) in [4.78, 5) is 28.9. The van der Waals surface area contributed by atoms with Crippen molar-refractivity contribution in [3.63, 3.8) is 0 Å². The molecule has 6 nitrogen and oxygen atoms in total. The number of imide groups is 1. The minimum atomic E-state index is -1.06. The van der Waals surface area contributed by atoms with E-state index in [-0.39, 0.29) is 24.7 Å². The summed E-state index contributed by atoms with van der Waals surface area (Å²) >= 11 is 0. The fourth-order valence-corrected chi connectivity index (χ4v) is 3.78. The van der Waals surface area contributed by atoms with Gasteiger partial charge in [0.25, 0.3) is 5.91 Å². The number of aliphatic hydroxyl groups excluding tert-OH is 1. The van der Waals surface area contributed by atoms with Crippen LogP contribution in [0.5, 0.6) is 0 Å². The molecule has 4 rings (SSSR count). The van der Waals surface area contributed by atoms with Gasteiger partial charge in [0, 0.05) is 13.1 Å². The molecule has 0 unspecified atom stereocenters. The third-order valence-corrected chi connectivity index (χ3v) is 5.50. The highest BCUT2D eigenvalue weighted by Gasteiger charge is 2.49. The van der Waals surface area contributed by atoms with Crippen molar-refractivity contribution in [1.82, 2.24) is 15.1 Å². The van der Waals surface area contributed by atoms with Crippen LogP contribution in [0.4, 0.5) is 4.79 Å². The smallest absolute Gasteiger partial charge is 0.326 e. The van der Waals surface area contributed by atoms with Crippen LogP contribution < -0.4 is 5.32 Å². The van der Waals surface area contributed by atoms with Crippen molar-refractivity contribution in [3.8, 4) is 0 Å². The number of benzene rings is 2. The fraction of sp³-hybridized carbons (Fsp3) is 0.400. The lowest BCUT2D eigenvalue weighted by Crippen LogP contribution is -2.46. The Kier molecular flexibility index (Phi) is 4.17. The molecule has 0 saturated carbocycles. The van der Waals surface area contributed by atoms with E-state index in [4.69, 9.17) is 0 Å². The number of hydrogen-bond donors (Lipinski definition) is 2. The molecule has 2 saturated heterocycles. The summed E-state index contributed by atoms with van der Waals surface area (Å²) in [7, 11) is 0. The first-order valence-corrected chi connectivity index (χ1v) is 9.01. The Hall–Kier alpha value is -2.44. The predicted octanol–water partition coefficient (Wildman–Crippen LogP) is 2.02. The lowest BCUT2D eigenvalue weighted by molar-refractivity contribution is -0.132. The fourth-order valence-electron chi connectivity index (χ4n) is 3.78. The summed E-state index contributed by atoms with van der Waals surface area (Å²) in [6, 6.07) is 13.4. The van der Waals surface area contributed by atoms with Crippen molar-refractivity contribution in [2.24, 2.45) is 0 Å². The highest BCUT2D eigenvalue weighted by Crippen LogP contribution is 2.31. The van der Waals surface area contributed by atoms with E-state index in [9.17, 15) is 14.7 Å². The Morgan fingerprint density at radius 1 is 1.12 bits per heavy atom. The maximum absolute atomic E-state index is 13.1. The van der Waals surface area contributed by atoms with Gasteiger partial charge in [0.15, 0.2) is 0 Å². The van der Waals surface area contributed by atoms with Gasteiger partial charge >= 0.3 is 6.03 Å². The van der Waals surface area contributed by atoms with Crippen molar-refractivity contribution in [1.29, 1.82) is 0 Å². The molecule has 2 aliphatic heterocycles. The summed E-state index contributed by atoms with van der Waals surface area (Å²) in [5.41, 5.74) is -0.276. The molecule has 0 bridgehead atoms. The van der Waals surface area contributed by atoms with E-state index in [1.807, 2.05) is 47.4 Å². The molecule has 2 aromatic carbocycles. The zero-order valence-corrected chi connectivity index (χ0v) is 14.8. The number of likely N-dealkylation sites (tertiary alicyclic amines) is 1. The normalized spacial score (nSPS) is 25.1. The summed E-state index contributed by atoms with van der Waals surface area (Å²) < 4.78 is 0. The van der Waals surface area contributed by atoms with Crippen molar-refractivity contribution < 1.29 is 14.7 Å². The SMILES string of the molecule is C[C@@]1(c2ccc3ccccc3c2)NC(=O)N(CN2CCC(O)CC2)C1=O. The van der Waals surface area contributed by atoms with Crippen LogP contribution in [0.15, 0.2) is 42.5 Å². The maximum atomic E-state index is 13.1. The second-order valence-electron chi connectivity index (χ2n) is 7.34. The second kappa shape index (κ2) is 6.37. The molecule has 2 fully saturated rings. The summed E-state index contributed by atoms with van der Waals surface area (Å²) in [6.07, 6.45) is 1.06. The molecule has 2 N–H and O–H groups in total. The van der Waals surface area contributed by atoms with E-state index in [2.05, 4.69) is 5.32 Å². The molecule has 2 aromatic rings. The lowest BCUT2D eigenvalue weighted by Gasteiger charge is -2.32. The molecule has 2 heterocycles. The minimum Gasteiger partial charge on any atom is -0.393 e. The number of amides is 3. The second-order valence-corrected chi connectivity index (χ2v) is 7.34. The molecular weight excluding hydrogens is 330 g/mol. The van der Waals surface area contributed by atoms with Gasteiger partial charge in [-0.05, 0) is 42.2 Å². The van der Waals surface area contributed by atoms with E-state index in [1.54, 1.807) is 6.92 Å². The number of rotatable bonds is 3. The third kappa shape index (κ3) is 2.85. The van der Waals surface area contributed by atoms with Gasteiger partial charge < -0.3 is 10.4 Å². The van der Waals surface area contributed by atoms with Crippen LogP contribution in [0.25, 0.3) is 10.8 Å². The van der Waals surface area contributed by atoms with E-state index in [1.165, 1.54) is 4.90 Å². The molecular formula is C20H23N3O3. The van der Waals surface area contributed by atoms with Gasteiger partial charge in [-0.1, -0.05) is 36.4 Å². The Bertz CT molecular complexity index is 860. The summed E-state index contributed by atoms with van der Waals surface area (Å²) in [5, 5.41) is 14.6. The van der Waals surface area contributed by atoms with Gasteiger partial charge in [-0.15, -0.1) is 0 Å². The molecule has 0 spiro atoms. The van der Waals surface area contributed by atoms with Crippen LogP contribution in [0, 0.1) is 0 Å². The van der Waals surface area contributed by atoms with E-state index in [0.717, 1.165) is 16.3 Å². The number of carbonyl (C=O) groups is 2. The molecule has 1 atom stereocenters. The molecule has 0 aliphatic carbocycles. The monoisotopic (exact) mass is 353 g/mol. The van der Waals surface area contributed by atoms with Gasteiger partial charge in [-0.3, -0.25) is 9.69 Å². The average molecular weight is 353 g/mol. The number of nitrogens with one attached hydrogen (secondary N) is 1.